The molecule has 0 atom stereocenters. The molecule has 0 unspecified atom stereocenters. The van der Waals surface area contributed by atoms with E-state index in [0.29, 0.717) is 5.88 Å². The molecule has 0 radical (unpaired) electrons. The standard InChI is InChI=1S/C15H14F2N2O3/c1-10-6-7-14(18-8-10)21-9-13(20)19-11-4-2-3-5-12(11)22-15(16)17/h2-8,15H,9H2,1H3,(H,19,20). The first-order valence-electron chi connectivity index (χ1n) is 6.44. The maximum atomic E-state index is 12.3. The maximum absolute atomic E-state index is 12.3. The third-order valence-electron chi connectivity index (χ3n) is 2.61. The van der Waals surface area contributed by atoms with E-state index in [2.05, 4.69) is 15.0 Å². The van der Waals surface area contributed by atoms with Crippen LogP contribution in [-0.2, 0) is 4.79 Å². The third-order valence-corrected chi connectivity index (χ3v) is 2.61. The molecule has 0 saturated heterocycles. The van der Waals surface area contributed by atoms with Crippen LogP contribution in [0.5, 0.6) is 11.6 Å². The van der Waals surface area contributed by atoms with Crippen molar-refractivity contribution >= 4 is 11.6 Å². The second kappa shape index (κ2) is 7.35. The fourth-order valence-corrected chi connectivity index (χ4v) is 1.63. The van der Waals surface area contributed by atoms with Gasteiger partial charge in [-0.3, -0.25) is 4.79 Å². The van der Waals surface area contributed by atoms with Crippen LogP contribution in [0.2, 0.25) is 0 Å². The van der Waals surface area contributed by atoms with Gasteiger partial charge in [0, 0.05) is 12.3 Å². The number of hydrogen-bond donors (Lipinski definition) is 1. The summed E-state index contributed by atoms with van der Waals surface area (Å²) >= 11 is 0. The van der Waals surface area contributed by atoms with E-state index >= 15 is 0 Å². The van der Waals surface area contributed by atoms with Gasteiger partial charge in [0.1, 0.15) is 5.75 Å². The monoisotopic (exact) mass is 308 g/mol. The Bertz CT molecular complexity index is 633. The number of aromatic nitrogens is 1. The quantitative estimate of drug-likeness (QED) is 0.891. The van der Waals surface area contributed by atoms with E-state index in [4.69, 9.17) is 4.74 Å². The molecule has 0 bridgehead atoms. The van der Waals surface area contributed by atoms with Gasteiger partial charge in [-0.05, 0) is 24.6 Å². The summed E-state index contributed by atoms with van der Waals surface area (Å²) in [5.74, 6) is -0.315. The van der Waals surface area contributed by atoms with Crippen molar-refractivity contribution in [2.24, 2.45) is 0 Å². The fourth-order valence-electron chi connectivity index (χ4n) is 1.63. The Labute approximate surface area is 125 Å². The van der Waals surface area contributed by atoms with Crippen molar-refractivity contribution in [3.8, 4) is 11.6 Å². The first-order chi connectivity index (χ1) is 10.5. The molecule has 5 nitrogen and oxygen atoms in total. The van der Waals surface area contributed by atoms with Crippen molar-refractivity contribution < 1.29 is 23.0 Å². The molecule has 0 fully saturated rings. The van der Waals surface area contributed by atoms with Gasteiger partial charge >= 0.3 is 6.61 Å². The van der Waals surface area contributed by atoms with Crippen LogP contribution in [0.15, 0.2) is 42.6 Å². The Morgan fingerprint density at radius 1 is 1.27 bits per heavy atom. The number of aryl methyl sites for hydroxylation is 1. The molecule has 2 aromatic rings. The van der Waals surface area contributed by atoms with Crippen LogP contribution in [0.4, 0.5) is 14.5 Å². The van der Waals surface area contributed by atoms with Crippen molar-refractivity contribution in [2.45, 2.75) is 13.5 Å². The number of rotatable bonds is 6. The molecule has 2 rings (SSSR count). The number of para-hydroxylation sites is 2. The number of nitrogens with zero attached hydrogens (tertiary/aromatic N) is 1. The molecule has 1 amide bonds. The highest BCUT2D eigenvalue weighted by molar-refractivity contribution is 5.93. The van der Waals surface area contributed by atoms with Crippen LogP contribution in [0.1, 0.15) is 5.56 Å². The molecule has 1 N–H and O–H groups in total. The lowest BCUT2D eigenvalue weighted by molar-refractivity contribution is -0.118. The topological polar surface area (TPSA) is 60.5 Å². The number of ether oxygens (including phenoxy) is 2. The average Bonchev–Trinajstić information content (AvgIpc) is 2.48. The van der Waals surface area contributed by atoms with E-state index in [1.165, 1.54) is 18.2 Å². The van der Waals surface area contributed by atoms with Crippen LogP contribution < -0.4 is 14.8 Å². The Morgan fingerprint density at radius 3 is 2.73 bits per heavy atom. The molecule has 7 heteroatoms. The first-order valence-corrected chi connectivity index (χ1v) is 6.44. The molecular weight excluding hydrogens is 294 g/mol. The van der Waals surface area contributed by atoms with E-state index in [0.717, 1.165) is 5.56 Å². The van der Waals surface area contributed by atoms with Gasteiger partial charge in [-0.1, -0.05) is 18.2 Å². The molecule has 0 saturated carbocycles. The van der Waals surface area contributed by atoms with Gasteiger partial charge in [-0.2, -0.15) is 8.78 Å². The lowest BCUT2D eigenvalue weighted by atomic mass is 10.3. The molecule has 1 aromatic heterocycles. The van der Waals surface area contributed by atoms with Gasteiger partial charge in [0.05, 0.1) is 5.69 Å². The van der Waals surface area contributed by atoms with Crippen molar-refractivity contribution in [1.82, 2.24) is 4.98 Å². The second-order valence-electron chi connectivity index (χ2n) is 4.39. The molecule has 1 heterocycles. The number of halogens is 2. The van der Waals surface area contributed by atoms with Crippen molar-refractivity contribution in [3.05, 3.63) is 48.2 Å². The lowest BCUT2D eigenvalue weighted by Crippen LogP contribution is -2.21. The molecule has 0 aliphatic carbocycles. The largest absolute Gasteiger partial charge is 0.468 e. The van der Waals surface area contributed by atoms with Crippen LogP contribution >= 0.6 is 0 Å². The zero-order chi connectivity index (χ0) is 15.9. The molecule has 1 aromatic carbocycles. The summed E-state index contributed by atoms with van der Waals surface area (Å²) in [6.07, 6.45) is 1.61. The SMILES string of the molecule is Cc1ccc(OCC(=O)Nc2ccccc2OC(F)F)nc1. The highest BCUT2D eigenvalue weighted by Crippen LogP contribution is 2.25. The fraction of sp³-hybridized carbons (Fsp3) is 0.200. The Kier molecular flexibility index (Phi) is 5.24. The Hall–Kier alpha value is -2.70. The highest BCUT2D eigenvalue weighted by atomic mass is 19.3. The third kappa shape index (κ3) is 4.69. The smallest absolute Gasteiger partial charge is 0.387 e. The van der Waals surface area contributed by atoms with Gasteiger partial charge in [-0.15, -0.1) is 0 Å². The summed E-state index contributed by atoms with van der Waals surface area (Å²) in [6.45, 7) is -1.38. The van der Waals surface area contributed by atoms with Crippen LogP contribution in [0, 0.1) is 6.92 Å². The molecular formula is C15H14F2N2O3. The van der Waals surface area contributed by atoms with Crippen molar-refractivity contribution in [2.75, 3.05) is 11.9 Å². The minimum Gasteiger partial charge on any atom is -0.468 e. The van der Waals surface area contributed by atoms with Gasteiger partial charge in [0.25, 0.3) is 5.91 Å². The number of benzene rings is 1. The summed E-state index contributed by atoms with van der Waals surface area (Å²) < 4.78 is 34.1. The van der Waals surface area contributed by atoms with Gasteiger partial charge in [0.2, 0.25) is 5.88 Å². The van der Waals surface area contributed by atoms with E-state index in [1.54, 1.807) is 24.4 Å². The molecule has 0 aliphatic rings. The number of alkyl halides is 2. The van der Waals surface area contributed by atoms with E-state index in [-0.39, 0.29) is 18.0 Å². The van der Waals surface area contributed by atoms with E-state index in [1.807, 2.05) is 6.92 Å². The van der Waals surface area contributed by atoms with Crippen LogP contribution in [0.3, 0.4) is 0 Å². The van der Waals surface area contributed by atoms with E-state index < -0.39 is 12.5 Å². The summed E-state index contributed by atoms with van der Waals surface area (Å²) in [5.41, 5.74) is 1.11. The zero-order valence-electron chi connectivity index (χ0n) is 11.8. The predicted molar refractivity (Wildman–Crippen MR) is 76.2 cm³/mol. The zero-order valence-corrected chi connectivity index (χ0v) is 11.8. The summed E-state index contributed by atoms with van der Waals surface area (Å²) in [7, 11) is 0. The first kappa shape index (κ1) is 15.7. The summed E-state index contributed by atoms with van der Waals surface area (Å²) in [4.78, 5) is 15.8. The van der Waals surface area contributed by atoms with E-state index in [9.17, 15) is 13.6 Å². The average molecular weight is 308 g/mol. The number of nitrogens with one attached hydrogen (secondary N) is 1. The number of anilines is 1. The normalized spacial score (nSPS) is 10.4. The summed E-state index contributed by atoms with van der Waals surface area (Å²) in [5, 5.41) is 2.45. The van der Waals surface area contributed by atoms with Crippen LogP contribution in [-0.4, -0.2) is 24.1 Å². The van der Waals surface area contributed by atoms with Gasteiger partial charge in [0.15, 0.2) is 6.61 Å². The predicted octanol–water partition coefficient (Wildman–Crippen LogP) is 3.01. The minimum absolute atomic E-state index is 0.112. The Morgan fingerprint density at radius 2 is 2.05 bits per heavy atom. The second-order valence-corrected chi connectivity index (χ2v) is 4.39. The number of carbonyl (C=O) groups is 1. The van der Waals surface area contributed by atoms with Crippen molar-refractivity contribution in [1.29, 1.82) is 0 Å². The number of hydrogen-bond acceptors (Lipinski definition) is 4. The van der Waals surface area contributed by atoms with Crippen LogP contribution in [0.25, 0.3) is 0 Å². The highest BCUT2D eigenvalue weighted by Gasteiger charge is 2.12. The molecule has 116 valence electrons. The minimum atomic E-state index is -2.97. The maximum Gasteiger partial charge on any atom is 0.387 e. The van der Waals surface area contributed by atoms with Crippen molar-refractivity contribution in [3.63, 3.8) is 0 Å². The van der Waals surface area contributed by atoms with Gasteiger partial charge in [-0.25, -0.2) is 4.98 Å². The molecule has 22 heavy (non-hydrogen) atoms. The Balaban J connectivity index is 1.93. The molecule has 0 spiro atoms. The summed E-state index contributed by atoms with van der Waals surface area (Å²) in [6, 6.07) is 9.35. The van der Waals surface area contributed by atoms with Gasteiger partial charge < -0.3 is 14.8 Å². The number of pyridine rings is 1. The molecule has 0 aliphatic heterocycles. The lowest BCUT2D eigenvalue weighted by Gasteiger charge is -2.11. The number of carbonyl (C=O) groups excluding carboxylic acids is 1. The number of amides is 1.